The van der Waals surface area contributed by atoms with E-state index < -0.39 is 11.4 Å². The molecule has 1 aromatic heterocycles. The SMILES string of the molecule is N#CCC1(n2cc(C(N)=O)c(NC(=O)C3CC3)n2)CCN(Cc2ccc(-c3cccc(F)c3)cc2)CC1. The smallest absolute Gasteiger partial charge is 0.254 e. The molecule has 0 unspecified atom stereocenters. The first-order valence-corrected chi connectivity index (χ1v) is 12.5. The Kier molecular flexibility index (Phi) is 6.76. The average molecular weight is 501 g/mol. The molecule has 0 spiro atoms. The molecule has 2 heterocycles. The normalized spacial score (nSPS) is 17.2. The van der Waals surface area contributed by atoms with Gasteiger partial charge in [0.25, 0.3) is 5.91 Å². The van der Waals surface area contributed by atoms with E-state index in [-0.39, 0.29) is 35.4 Å². The topological polar surface area (TPSA) is 117 Å². The summed E-state index contributed by atoms with van der Waals surface area (Å²) in [7, 11) is 0. The Morgan fingerprint density at radius 1 is 1.14 bits per heavy atom. The number of aromatic nitrogens is 2. The predicted octanol–water partition coefficient (Wildman–Crippen LogP) is 4.04. The first kappa shape index (κ1) is 24.7. The summed E-state index contributed by atoms with van der Waals surface area (Å²) in [5.74, 6) is -0.940. The lowest BCUT2D eigenvalue weighted by molar-refractivity contribution is -0.117. The number of piperidine rings is 1. The van der Waals surface area contributed by atoms with Gasteiger partial charge in [0.2, 0.25) is 5.91 Å². The van der Waals surface area contributed by atoms with Gasteiger partial charge in [0.1, 0.15) is 11.4 Å². The van der Waals surface area contributed by atoms with Gasteiger partial charge in [-0.25, -0.2) is 4.39 Å². The fourth-order valence-electron chi connectivity index (χ4n) is 4.94. The molecule has 37 heavy (non-hydrogen) atoms. The molecule has 0 bridgehead atoms. The summed E-state index contributed by atoms with van der Waals surface area (Å²) in [6, 6.07) is 16.9. The number of benzene rings is 2. The van der Waals surface area contributed by atoms with Crippen molar-refractivity contribution in [1.29, 1.82) is 5.26 Å². The van der Waals surface area contributed by atoms with Gasteiger partial charge in [0, 0.05) is 31.7 Å². The van der Waals surface area contributed by atoms with E-state index in [0.717, 1.165) is 49.2 Å². The molecule has 0 atom stereocenters. The summed E-state index contributed by atoms with van der Waals surface area (Å²) in [6.07, 6.45) is 4.80. The summed E-state index contributed by atoms with van der Waals surface area (Å²) in [5.41, 5.74) is 8.09. The van der Waals surface area contributed by atoms with Crippen LogP contribution in [0.3, 0.4) is 0 Å². The molecular weight excluding hydrogens is 471 g/mol. The minimum absolute atomic E-state index is 0.0369. The number of primary amides is 1. The van der Waals surface area contributed by atoms with Gasteiger partial charge in [-0.2, -0.15) is 10.4 Å². The van der Waals surface area contributed by atoms with Crippen LogP contribution in [-0.2, 0) is 16.9 Å². The Hall–Kier alpha value is -4.03. The molecule has 2 fully saturated rings. The van der Waals surface area contributed by atoms with Gasteiger partial charge in [0.15, 0.2) is 5.82 Å². The van der Waals surface area contributed by atoms with E-state index in [2.05, 4.69) is 33.5 Å². The third kappa shape index (κ3) is 5.39. The van der Waals surface area contributed by atoms with Crippen molar-refractivity contribution in [3.05, 3.63) is 71.7 Å². The molecule has 2 aliphatic rings. The van der Waals surface area contributed by atoms with Crippen molar-refractivity contribution in [1.82, 2.24) is 14.7 Å². The maximum absolute atomic E-state index is 13.6. The number of hydrogen-bond donors (Lipinski definition) is 2. The predicted molar refractivity (Wildman–Crippen MR) is 137 cm³/mol. The first-order chi connectivity index (χ1) is 17.9. The number of carbonyl (C=O) groups excluding carboxylic acids is 2. The number of halogens is 1. The molecule has 3 aromatic rings. The number of amides is 2. The molecule has 1 aliphatic carbocycles. The van der Waals surface area contributed by atoms with Crippen molar-refractivity contribution in [3.8, 4) is 17.2 Å². The molecule has 1 aliphatic heterocycles. The van der Waals surface area contributed by atoms with Crippen molar-refractivity contribution in [2.24, 2.45) is 11.7 Å². The van der Waals surface area contributed by atoms with Crippen LogP contribution in [0.4, 0.5) is 10.2 Å². The fourth-order valence-corrected chi connectivity index (χ4v) is 4.94. The van der Waals surface area contributed by atoms with E-state index in [0.29, 0.717) is 12.8 Å². The minimum atomic E-state index is -0.663. The summed E-state index contributed by atoms with van der Waals surface area (Å²) in [6.45, 7) is 2.23. The van der Waals surface area contributed by atoms with Gasteiger partial charge in [0.05, 0.1) is 18.0 Å². The maximum atomic E-state index is 13.6. The van der Waals surface area contributed by atoms with Gasteiger partial charge in [-0.1, -0.05) is 36.4 Å². The Bertz CT molecular complexity index is 1350. The second kappa shape index (κ2) is 10.1. The van der Waals surface area contributed by atoms with Crippen LogP contribution < -0.4 is 11.1 Å². The lowest BCUT2D eigenvalue weighted by Gasteiger charge is -2.40. The summed E-state index contributed by atoms with van der Waals surface area (Å²) in [5, 5.41) is 16.9. The molecular formula is C28H29FN6O2. The van der Waals surface area contributed by atoms with E-state index in [9.17, 15) is 19.2 Å². The number of rotatable bonds is 8. The van der Waals surface area contributed by atoms with Crippen LogP contribution in [-0.4, -0.2) is 39.6 Å². The number of nitrogens with one attached hydrogen (secondary N) is 1. The first-order valence-electron chi connectivity index (χ1n) is 12.5. The van der Waals surface area contributed by atoms with Crippen LogP contribution in [0.15, 0.2) is 54.7 Å². The number of nitrogens with two attached hydrogens (primary N) is 1. The van der Waals surface area contributed by atoms with Crippen LogP contribution in [0.2, 0.25) is 0 Å². The zero-order valence-corrected chi connectivity index (χ0v) is 20.5. The summed E-state index contributed by atoms with van der Waals surface area (Å²) in [4.78, 5) is 26.7. The molecule has 0 radical (unpaired) electrons. The maximum Gasteiger partial charge on any atom is 0.254 e. The van der Waals surface area contributed by atoms with Gasteiger partial charge in [-0.15, -0.1) is 0 Å². The molecule has 5 rings (SSSR count). The van der Waals surface area contributed by atoms with E-state index in [1.165, 1.54) is 12.1 Å². The molecule has 9 heteroatoms. The quantitative estimate of drug-likeness (QED) is 0.484. The van der Waals surface area contributed by atoms with Gasteiger partial charge < -0.3 is 11.1 Å². The lowest BCUT2D eigenvalue weighted by atomic mass is 9.84. The monoisotopic (exact) mass is 500 g/mol. The second-order valence-corrected chi connectivity index (χ2v) is 10.0. The Morgan fingerprint density at radius 2 is 1.86 bits per heavy atom. The highest BCUT2D eigenvalue weighted by Gasteiger charge is 2.39. The molecule has 190 valence electrons. The van der Waals surface area contributed by atoms with Crippen molar-refractivity contribution in [3.63, 3.8) is 0 Å². The average Bonchev–Trinajstić information content (AvgIpc) is 3.66. The highest BCUT2D eigenvalue weighted by molar-refractivity contribution is 6.02. The summed E-state index contributed by atoms with van der Waals surface area (Å²) < 4.78 is 15.2. The van der Waals surface area contributed by atoms with E-state index in [1.54, 1.807) is 16.9 Å². The highest BCUT2D eigenvalue weighted by atomic mass is 19.1. The second-order valence-electron chi connectivity index (χ2n) is 10.0. The highest BCUT2D eigenvalue weighted by Crippen LogP contribution is 2.36. The molecule has 2 amide bonds. The van der Waals surface area contributed by atoms with Gasteiger partial charge in [-0.05, 0) is 54.5 Å². The standard InChI is InChI=1S/C28H29FN6O2/c29-23-3-1-2-22(16-23)20-6-4-19(5-7-20)17-34-14-11-28(10-13-30,12-15-34)35-18-24(25(31)36)26(33-35)32-27(37)21-8-9-21/h1-7,16,18,21H,8-12,14-15,17H2,(H2,31,36)(H,32,33,37). The van der Waals surface area contributed by atoms with Gasteiger partial charge >= 0.3 is 0 Å². The molecule has 2 aromatic carbocycles. The van der Waals surface area contributed by atoms with Crippen molar-refractivity contribution < 1.29 is 14.0 Å². The largest absolute Gasteiger partial charge is 0.365 e. The molecule has 1 saturated carbocycles. The zero-order chi connectivity index (χ0) is 26.0. The summed E-state index contributed by atoms with van der Waals surface area (Å²) >= 11 is 0. The van der Waals surface area contributed by atoms with Crippen molar-refractivity contribution in [2.45, 2.75) is 44.2 Å². The lowest BCUT2D eigenvalue weighted by Crippen LogP contribution is -2.46. The zero-order valence-electron chi connectivity index (χ0n) is 20.5. The van der Waals surface area contributed by atoms with E-state index >= 15 is 0 Å². The fraction of sp³-hybridized carbons (Fsp3) is 0.357. The van der Waals surface area contributed by atoms with Crippen molar-refractivity contribution >= 4 is 17.6 Å². The van der Waals surface area contributed by atoms with E-state index in [4.69, 9.17) is 5.73 Å². The van der Waals surface area contributed by atoms with Crippen LogP contribution in [0.5, 0.6) is 0 Å². The Morgan fingerprint density at radius 3 is 2.49 bits per heavy atom. The molecule has 1 saturated heterocycles. The number of carbonyl (C=O) groups is 2. The van der Waals surface area contributed by atoms with E-state index in [1.807, 2.05) is 18.2 Å². The van der Waals surface area contributed by atoms with Crippen molar-refractivity contribution in [2.75, 3.05) is 18.4 Å². The number of nitriles is 1. The Labute approximate surface area is 214 Å². The van der Waals surface area contributed by atoms with Crippen LogP contribution in [0.25, 0.3) is 11.1 Å². The third-order valence-electron chi connectivity index (χ3n) is 7.37. The van der Waals surface area contributed by atoms with Crippen LogP contribution in [0, 0.1) is 23.1 Å². The van der Waals surface area contributed by atoms with Gasteiger partial charge in [-0.3, -0.25) is 19.2 Å². The Balaban J connectivity index is 1.27. The number of nitrogens with zero attached hydrogens (tertiary/aromatic N) is 4. The number of hydrogen-bond acceptors (Lipinski definition) is 5. The number of likely N-dealkylation sites (tertiary alicyclic amines) is 1. The van der Waals surface area contributed by atoms with Crippen LogP contribution in [0.1, 0.15) is 48.0 Å². The molecule has 8 nitrogen and oxygen atoms in total. The minimum Gasteiger partial charge on any atom is -0.365 e. The third-order valence-corrected chi connectivity index (χ3v) is 7.37. The molecule has 3 N–H and O–H groups in total. The van der Waals surface area contributed by atoms with Crippen LogP contribution >= 0.6 is 0 Å². The number of anilines is 1.